The van der Waals surface area contributed by atoms with Crippen molar-refractivity contribution in [2.24, 2.45) is 4.99 Å². The molecule has 2 fully saturated rings. The smallest absolute Gasteiger partial charge is 0.193 e. The number of aliphatic imine (C=N–C) groups is 1. The number of H-pyrrole nitrogens is 1. The zero-order chi connectivity index (χ0) is 18.0. The first-order valence-electron chi connectivity index (χ1n) is 9.27. The molecule has 0 unspecified atom stereocenters. The fraction of sp³-hybridized carbons (Fsp3) is 0.526. The number of aromatic amines is 1. The second-order valence-electron chi connectivity index (χ2n) is 7.32. The number of hydrogen-bond acceptors (Lipinski definition) is 3. The Balaban J connectivity index is 1.34. The molecule has 0 amide bonds. The molecule has 0 spiro atoms. The van der Waals surface area contributed by atoms with E-state index in [1.165, 1.54) is 18.4 Å². The van der Waals surface area contributed by atoms with Crippen LogP contribution in [0.3, 0.4) is 0 Å². The summed E-state index contributed by atoms with van der Waals surface area (Å²) in [5.41, 5.74) is 1.54. The highest BCUT2D eigenvalue weighted by Crippen LogP contribution is 2.48. The Hall–Kier alpha value is -2.08. The van der Waals surface area contributed by atoms with Gasteiger partial charge in [-0.3, -0.25) is 10.1 Å². The molecule has 7 heteroatoms. The molecule has 1 saturated heterocycles. The fourth-order valence-electron chi connectivity index (χ4n) is 3.89. The van der Waals surface area contributed by atoms with Crippen molar-refractivity contribution in [1.82, 2.24) is 25.4 Å². The summed E-state index contributed by atoms with van der Waals surface area (Å²) in [7, 11) is 1.86. The van der Waals surface area contributed by atoms with Gasteiger partial charge in [0.2, 0.25) is 0 Å². The Morgan fingerprint density at radius 3 is 2.81 bits per heavy atom. The topological polar surface area (TPSA) is 69.2 Å². The molecule has 1 aromatic heterocycles. The molecule has 2 aliphatic rings. The van der Waals surface area contributed by atoms with Gasteiger partial charge < -0.3 is 10.2 Å². The number of benzene rings is 1. The number of nitrogens with one attached hydrogen (secondary N) is 2. The van der Waals surface area contributed by atoms with Crippen molar-refractivity contribution < 1.29 is 0 Å². The lowest BCUT2D eigenvalue weighted by atomic mass is 9.95. The SMILES string of the molecule is CN=C(NCC1(c2cccc(Cl)c2)CC1)N1CCC(c2ncn[nH]2)CC1. The molecular formula is C19H25ClN6. The Morgan fingerprint density at radius 1 is 1.38 bits per heavy atom. The van der Waals surface area contributed by atoms with Crippen LogP contribution in [0.15, 0.2) is 35.6 Å². The van der Waals surface area contributed by atoms with Gasteiger partial charge in [-0.25, -0.2) is 4.98 Å². The van der Waals surface area contributed by atoms with Crippen LogP contribution in [0.25, 0.3) is 0 Å². The molecule has 1 aliphatic heterocycles. The van der Waals surface area contributed by atoms with Gasteiger partial charge in [0.05, 0.1) is 0 Å². The van der Waals surface area contributed by atoms with Gasteiger partial charge in [0, 0.05) is 43.0 Å². The van der Waals surface area contributed by atoms with Gasteiger partial charge >= 0.3 is 0 Å². The van der Waals surface area contributed by atoms with E-state index in [1.54, 1.807) is 6.33 Å². The Labute approximate surface area is 159 Å². The maximum absolute atomic E-state index is 6.18. The standard InChI is InChI=1S/C19H25ClN6/c1-21-18(26-9-5-14(6-10-26)17-23-13-24-25-17)22-12-19(7-8-19)15-3-2-4-16(20)11-15/h2-4,11,13-14H,5-10,12H2,1H3,(H,21,22)(H,23,24,25). The van der Waals surface area contributed by atoms with Gasteiger partial charge in [0.15, 0.2) is 5.96 Å². The molecule has 0 bridgehead atoms. The van der Waals surface area contributed by atoms with Crippen molar-refractivity contribution >= 4 is 17.6 Å². The molecule has 2 N–H and O–H groups in total. The van der Waals surface area contributed by atoms with Crippen LogP contribution >= 0.6 is 11.6 Å². The summed E-state index contributed by atoms with van der Waals surface area (Å²) in [5, 5.41) is 11.4. The third kappa shape index (κ3) is 3.56. The minimum Gasteiger partial charge on any atom is -0.355 e. The van der Waals surface area contributed by atoms with E-state index in [-0.39, 0.29) is 5.41 Å². The maximum atomic E-state index is 6.18. The van der Waals surface area contributed by atoms with Crippen molar-refractivity contribution in [3.63, 3.8) is 0 Å². The molecule has 0 atom stereocenters. The van der Waals surface area contributed by atoms with E-state index in [9.17, 15) is 0 Å². The summed E-state index contributed by atoms with van der Waals surface area (Å²) < 4.78 is 0. The molecule has 1 aliphatic carbocycles. The molecule has 1 aromatic carbocycles. The Kier molecular flexibility index (Phi) is 4.85. The zero-order valence-electron chi connectivity index (χ0n) is 15.1. The van der Waals surface area contributed by atoms with Crippen LogP contribution in [-0.4, -0.2) is 52.7 Å². The van der Waals surface area contributed by atoms with Crippen LogP contribution in [0.5, 0.6) is 0 Å². The van der Waals surface area contributed by atoms with E-state index in [2.05, 4.69) is 42.5 Å². The number of guanidine groups is 1. The van der Waals surface area contributed by atoms with Crippen LogP contribution in [0, 0.1) is 0 Å². The minimum absolute atomic E-state index is 0.207. The van der Waals surface area contributed by atoms with Crippen molar-refractivity contribution in [3.8, 4) is 0 Å². The number of halogens is 1. The first-order valence-corrected chi connectivity index (χ1v) is 9.65. The summed E-state index contributed by atoms with van der Waals surface area (Å²) in [6.45, 7) is 2.87. The van der Waals surface area contributed by atoms with Crippen LogP contribution < -0.4 is 5.32 Å². The summed E-state index contributed by atoms with van der Waals surface area (Å²) in [4.78, 5) is 11.2. The van der Waals surface area contributed by atoms with Crippen molar-refractivity contribution in [3.05, 3.63) is 47.0 Å². The highest BCUT2D eigenvalue weighted by atomic mass is 35.5. The molecular weight excluding hydrogens is 348 g/mol. The second kappa shape index (κ2) is 7.27. The molecule has 2 aromatic rings. The number of likely N-dealkylation sites (tertiary alicyclic amines) is 1. The van der Waals surface area contributed by atoms with Gasteiger partial charge in [0.25, 0.3) is 0 Å². The number of hydrogen-bond donors (Lipinski definition) is 2. The summed E-state index contributed by atoms with van der Waals surface area (Å²) in [5.74, 6) is 2.47. The van der Waals surface area contributed by atoms with Crippen LogP contribution in [-0.2, 0) is 5.41 Å². The van der Waals surface area contributed by atoms with E-state index in [0.29, 0.717) is 5.92 Å². The lowest BCUT2D eigenvalue weighted by Crippen LogP contribution is -2.47. The highest BCUT2D eigenvalue weighted by Gasteiger charge is 2.44. The van der Waals surface area contributed by atoms with Crippen molar-refractivity contribution in [1.29, 1.82) is 0 Å². The maximum Gasteiger partial charge on any atom is 0.193 e. The van der Waals surface area contributed by atoms with Gasteiger partial charge in [0.1, 0.15) is 12.2 Å². The third-order valence-electron chi connectivity index (χ3n) is 5.70. The van der Waals surface area contributed by atoms with Crippen LogP contribution in [0.1, 0.15) is 43.0 Å². The fourth-order valence-corrected chi connectivity index (χ4v) is 4.08. The number of rotatable bonds is 4. The Morgan fingerprint density at radius 2 is 2.19 bits per heavy atom. The first kappa shape index (κ1) is 17.3. The molecule has 26 heavy (non-hydrogen) atoms. The van der Waals surface area contributed by atoms with Gasteiger partial charge in [-0.1, -0.05) is 23.7 Å². The average Bonchev–Trinajstić information content (AvgIpc) is 3.26. The minimum atomic E-state index is 0.207. The first-order chi connectivity index (χ1) is 12.7. The van der Waals surface area contributed by atoms with E-state index in [0.717, 1.165) is 49.3 Å². The van der Waals surface area contributed by atoms with Crippen molar-refractivity contribution in [2.75, 3.05) is 26.7 Å². The second-order valence-corrected chi connectivity index (χ2v) is 7.76. The number of piperidine rings is 1. The Bertz CT molecular complexity index is 760. The third-order valence-corrected chi connectivity index (χ3v) is 5.94. The van der Waals surface area contributed by atoms with Crippen LogP contribution in [0.4, 0.5) is 0 Å². The largest absolute Gasteiger partial charge is 0.355 e. The van der Waals surface area contributed by atoms with Gasteiger partial charge in [-0.05, 0) is 43.4 Å². The normalized spacial score (nSPS) is 20.2. The summed E-state index contributed by atoms with van der Waals surface area (Å²) in [6.07, 6.45) is 6.12. The molecule has 138 valence electrons. The molecule has 2 heterocycles. The molecule has 4 rings (SSSR count). The average molecular weight is 373 g/mol. The monoisotopic (exact) mass is 372 g/mol. The quantitative estimate of drug-likeness (QED) is 0.639. The molecule has 6 nitrogen and oxygen atoms in total. The molecule has 0 radical (unpaired) electrons. The van der Waals surface area contributed by atoms with Gasteiger partial charge in [-0.2, -0.15) is 5.10 Å². The highest BCUT2D eigenvalue weighted by molar-refractivity contribution is 6.30. The van der Waals surface area contributed by atoms with Crippen LogP contribution in [0.2, 0.25) is 5.02 Å². The number of nitrogens with zero attached hydrogens (tertiary/aromatic N) is 4. The summed E-state index contributed by atoms with van der Waals surface area (Å²) >= 11 is 6.18. The van der Waals surface area contributed by atoms with E-state index >= 15 is 0 Å². The lowest BCUT2D eigenvalue weighted by Gasteiger charge is -2.34. The van der Waals surface area contributed by atoms with E-state index in [4.69, 9.17) is 11.6 Å². The molecule has 1 saturated carbocycles. The number of aromatic nitrogens is 3. The zero-order valence-corrected chi connectivity index (χ0v) is 15.8. The van der Waals surface area contributed by atoms with Gasteiger partial charge in [-0.15, -0.1) is 0 Å². The predicted molar refractivity (Wildman–Crippen MR) is 104 cm³/mol. The van der Waals surface area contributed by atoms with Crippen molar-refractivity contribution in [2.45, 2.75) is 37.0 Å². The van der Waals surface area contributed by atoms with E-state index in [1.807, 2.05) is 19.2 Å². The lowest BCUT2D eigenvalue weighted by molar-refractivity contribution is 0.298. The van der Waals surface area contributed by atoms with E-state index < -0.39 is 0 Å². The summed E-state index contributed by atoms with van der Waals surface area (Å²) in [6, 6.07) is 8.26. The predicted octanol–water partition coefficient (Wildman–Crippen LogP) is 2.94.